The lowest BCUT2D eigenvalue weighted by molar-refractivity contribution is 0.584. The van der Waals surface area contributed by atoms with Crippen molar-refractivity contribution in [1.29, 1.82) is 0 Å². The molecule has 0 amide bonds. The Labute approximate surface area is 102 Å². The fourth-order valence-corrected chi connectivity index (χ4v) is 2.52. The molecule has 17 heavy (non-hydrogen) atoms. The Morgan fingerprint density at radius 1 is 0.882 bits per heavy atom. The molecule has 2 aliphatic heterocycles. The lowest BCUT2D eigenvalue weighted by atomic mass is 10.3. The Bertz CT molecular complexity index is 369. The first-order valence-corrected chi connectivity index (χ1v) is 6.46. The van der Waals surface area contributed by atoms with Gasteiger partial charge in [-0.05, 0) is 12.8 Å². The summed E-state index contributed by atoms with van der Waals surface area (Å²) in [5.41, 5.74) is 0. The fraction of sp³-hybridized carbons (Fsp3) is 0.667. The van der Waals surface area contributed by atoms with Gasteiger partial charge < -0.3 is 15.1 Å². The molecular weight excluding hydrogens is 214 g/mol. The van der Waals surface area contributed by atoms with E-state index in [1.54, 1.807) is 6.33 Å². The summed E-state index contributed by atoms with van der Waals surface area (Å²) < 4.78 is 0. The van der Waals surface area contributed by atoms with Gasteiger partial charge in [0.15, 0.2) is 0 Å². The van der Waals surface area contributed by atoms with Gasteiger partial charge in [-0.15, -0.1) is 0 Å². The van der Waals surface area contributed by atoms with E-state index in [1.165, 1.54) is 12.8 Å². The van der Waals surface area contributed by atoms with Crippen LogP contribution in [0.25, 0.3) is 0 Å². The van der Waals surface area contributed by atoms with Crippen molar-refractivity contribution in [2.75, 3.05) is 49.1 Å². The zero-order valence-electron chi connectivity index (χ0n) is 10.1. The zero-order valence-corrected chi connectivity index (χ0v) is 10.1. The molecule has 2 fully saturated rings. The minimum Gasteiger partial charge on any atom is -0.356 e. The Morgan fingerprint density at radius 3 is 2.12 bits per heavy atom. The van der Waals surface area contributed by atoms with E-state index in [-0.39, 0.29) is 0 Å². The van der Waals surface area contributed by atoms with Gasteiger partial charge in [-0.25, -0.2) is 9.97 Å². The maximum Gasteiger partial charge on any atom is 0.134 e. The van der Waals surface area contributed by atoms with Crippen LogP contribution in [0.3, 0.4) is 0 Å². The SMILES string of the molecule is c1nc(N2CCCC2)cc(N2CCNCC2)n1. The molecule has 0 radical (unpaired) electrons. The molecular formula is C12H19N5. The molecule has 0 atom stereocenters. The quantitative estimate of drug-likeness (QED) is 0.805. The monoisotopic (exact) mass is 233 g/mol. The van der Waals surface area contributed by atoms with Crippen LogP contribution in [0.15, 0.2) is 12.4 Å². The summed E-state index contributed by atoms with van der Waals surface area (Å²) in [6.07, 6.45) is 4.27. The van der Waals surface area contributed by atoms with Gasteiger partial charge in [0.05, 0.1) is 0 Å². The van der Waals surface area contributed by atoms with Crippen molar-refractivity contribution in [2.45, 2.75) is 12.8 Å². The molecule has 0 spiro atoms. The van der Waals surface area contributed by atoms with Crippen LogP contribution in [-0.4, -0.2) is 49.2 Å². The second-order valence-electron chi connectivity index (χ2n) is 4.67. The van der Waals surface area contributed by atoms with E-state index >= 15 is 0 Å². The number of nitrogens with one attached hydrogen (secondary N) is 1. The molecule has 3 rings (SSSR count). The molecule has 2 aliphatic rings. The van der Waals surface area contributed by atoms with Gasteiger partial charge in [0.2, 0.25) is 0 Å². The highest BCUT2D eigenvalue weighted by Gasteiger charge is 2.16. The number of anilines is 2. The van der Waals surface area contributed by atoms with Gasteiger partial charge in [0, 0.05) is 45.3 Å². The third-order valence-electron chi connectivity index (χ3n) is 3.51. The second kappa shape index (κ2) is 4.87. The topological polar surface area (TPSA) is 44.3 Å². The average Bonchev–Trinajstić information content (AvgIpc) is 2.94. The van der Waals surface area contributed by atoms with Crippen LogP contribution in [-0.2, 0) is 0 Å². The van der Waals surface area contributed by atoms with Crippen molar-refractivity contribution in [1.82, 2.24) is 15.3 Å². The summed E-state index contributed by atoms with van der Waals surface area (Å²) in [6, 6.07) is 2.14. The van der Waals surface area contributed by atoms with Gasteiger partial charge in [0.25, 0.3) is 0 Å². The van der Waals surface area contributed by atoms with Crippen LogP contribution in [0.1, 0.15) is 12.8 Å². The molecule has 0 bridgehead atoms. The standard InChI is InChI=1S/C12H19N5/c1-2-6-16(5-1)11-9-12(15-10-14-11)17-7-3-13-4-8-17/h9-10,13H,1-8H2. The van der Waals surface area contributed by atoms with E-state index in [1.807, 2.05) is 0 Å². The normalized spacial score (nSPS) is 20.9. The second-order valence-corrected chi connectivity index (χ2v) is 4.67. The van der Waals surface area contributed by atoms with Gasteiger partial charge in [0.1, 0.15) is 18.0 Å². The molecule has 5 heteroatoms. The van der Waals surface area contributed by atoms with Crippen LogP contribution in [0, 0.1) is 0 Å². The van der Waals surface area contributed by atoms with E-state index < -0.39 is 0 Å². The lowest BCUT2D eigenvalue weighted by Gasteiger charge is -2.29. The minimum atomic E-state index is 1.04. The average molecular weight is 233 g/mol. The number of aromatic nitrogens is 2. The van der Waals surface area contributed by atoms with Gasteiger partial charge in [-0.3, -0.25) is 0 Å². The molecule has 0 saturated carbocycles. The summed E-state index contributed by atoms with van der Waals surface area (Å²) in [5, 5.41) is 3.36. The number of nitrogens with zero attached hydrogens (tertiary/aromatic N) is 4. The molecule has 0 aliphatic carbocycles. The zero-order chi connectivity index (χ0) is 11.5. The molecule has 3 heterocycles. The summed E-state index contributed by atoms with van der Waals surface area (Å²) in [7, 11) is 0. The van der Waals surface area contributed by atoms with E-state index in [4.69, 9.17) is 0 Å². The van der Waals surface area contributed by atoms with E-state index in [0.29, 0.717) is 0 Å². The first kappa shape index (κ1) is 10.8. The van der Waals surface area contributed by atoms with Gasteiger partial charge in [-0.2, -0.15) is 0 Å². The van der Waals surface area contributed by atoms with Crippen molar-refractivity contribution >= 4 is 11.6 Å². The predicted molar refractivity (Wildman–Crippen MR) is 68.6 cm³/mol. The largest absolute Gasteiger partial charge is 0.356 e. The number of hydrogen-bond acceptors (Lipinski definition) is 5. The Morgan fingerprint density at radius 2 is 1.47 bits per heavy atom. The van der Waals surface area contributed by atoms with Crippen LogP contribution < -0.4 is 15.1 Å². The lowest BCUT2D eigenvalue weighted by Crippen LogP contribution is -2.44. The van der Waals surface area contributed by atoms with Crippen LogP contribution >= 0.6 is 0 Å². The summed E-state index contributed by atoms with van der Waals surface area (Å²) in [4.78, 5) is 13.5. The molecule has 1 N–H and O–H groups in total. The van der Waals surface area contributed by atoms with Crippen molar-refractivity contribution in [2.24, 2.45) is 0 Å². The summed E-state index contributed by atoms with van der Waals surface area (Å²) in [6.45, 7) is 6.44. The first-order chi connectivity index (χ1) is 8.43. The summed E-state index contributed by atoms with van der Waals surface area (Å²) >= 11 is 0. The summed E-state index contributed by atoms with van der Waals surface area (Å²) in [5.74, 6) is 2.16. The molecule has 5 nitrogen and oxygen atoms in total. The third-order valence-corrected chi connectivity index (χ3v) is 3.51. The minimum absolute atomic E-state index is 1.04. The van der Waals surface area contributed by atoms with E-state index in [0.717, 1.165) is 50.9 Å². The molecule has 0 aromatic carbocycles. The smallest absolute Gasteiger partial charge is 0.134 e. The molecule has 92 valence electrons. The highest BCUT2D eigenvalue weighted by Crippen LogP contribution is 2.21. The number of hydrogen-bond donors (Lipinski definition) is 1. The molecule has 2 saturated heterocycles. The molecule has 1 aromatic heterocycles. The van der Waals surface area contributed by atoms with E-state index in [2.05, 4.69) is 31.2 Å². The third kappa shape index (κ3) is 2.34. The number of rotatable bonds is 2. The van der Waals surface area contributed by atoms with Crippen LogP contribution in [0.5, 0.6) is 0 Å². The van der Waals surface area contributed by atoms with Crippen LogP contribution in [0.2, 0.25) is 0 Å². The highest BCUT2D eigenvalue weighted by molar-refractivity contribution is 5.50. The first-order valence-electron chi connectivity index (χ1n) is 6.46. The Balaban J connectivity index is 1.77. The fourth-order valence-electron chi connectivity index (χ4n) is 2.52. The van der Waals surface area contributed by atoms with Crippen LogP contribution in [0.4, 0.5) is 11.6 Å². The highest BCUT2D eigenvalue weighted by atomic mass is 15.3. The van der Waals surface area contributed by atoms with Gasteiger partial charge >= 0.3 is 0 Å². The van der Waals surface area contributed by atoms with Crippen molar-refractivity contribution in [3.8, 4) is 0 Å². The molecule has 0 unspecified atom stereocenters. The maximum absolute atomic E-state index is 4.39. The Kier molecular flexibility index (Phi) is 3.09. The van der Waals surface area contributed by atoms with Gasteiger partial charge in [-0.1, -0.05) is 0 Å². The van der Waals surface area contributed by atoms with Crippen molar-refractivity contribution < 1.29 is 0 Å². The Hall–Kier alpha value is -1.36. The van der Waals surface area contributed by atoms with Crippen molar-refractivity contribution in [3.63, 3.8) is 0 Å². The van der Waals surface area contributed by atoms with Crippen molar-refractivity contribution in [3.05, 3.63) is 12.4 Å². The maximum atomic E-state index is 4.39. The predicted octanol–water partition coefficient (Wildman–Crippen LogP) is 0.486. The number of piperazine rings is 1. The van der Waals surface area contributed by atoms with E-state index in [9.17, 15) is 0 Å². The molecule has 1 aromatic rings.